The number of nitrogens with zero attached hydrogens (tertiary/aromatic N) is 4. The van der Waals surface area contributed by atoms with Gasteiger partial charge in [0.15, 0.2) is 5.69 Å². The first-order valence-corrected chi connectivity index (χ1v) is 8.83. The molecule has 3 heterocycles. The van der Waals surface area contributed by atoms with E-state index in [0.717, 1.165) is 5.56 Å². The average molecular weight is 386 g/mol. The highest BCUT2D eigenvalue weighted by atomic mass is 19.1. The summed E-state index contributed by atoms with van der Waals surface area (Å²) >= 11 is 0. The zero-order valence-corrected chi connectivity index (χ0v) is 15.6. The van der Waals surface area contributed by atoms with Gasteiger partial charge in [0.1, 0.15) is 17.2 Å². The van der Waals surface area contributed by atoms with Crippen LogP contribution < -0.4 is 5.56 Å². The number of fused-ring (bicyclic) bond motifs is 1. The lowest BCUT2D eigenvalue weighted by Crippen LogP contribution is -2.43. The fraction of sp³-hybridized carbons (Fsp3) is 0.368. The number of ether oxygens (including phenoxy) is 1. The van der Waals surface area contributed by atoms with E-state index in [2.05, 4.69) is 15.2 Å². The molecule has 3 aromatic rings. The molecular weight excluding hydrogens is 367 g/mol. The van der Waals surface area contributed by atoms with Crippen LogP contribution in [0.25, 0.3) is 11.6 Å². The van der Waals surface area contributed by atoms with Gasteiger partial charge in [-0.05, 0) is 38.5 Å². The summed E-state index contributed by atoms with van der Waals surface area (Å²) < 4.78 is 25.8. The first kappa shape index (κ1) is 18.3. The smallest absolute Gasteiger partial charge is 0.296 e. The van der Waals surface area contributed by atoms with Gasteiger partial charge in [-0.25, -0.2) is 9.37 Å². The van der Waals surface area contributed by atoms with Gasteiger partial charge in [-0.3, -0.25) is 9.36 Å². The topological polar surface area (TPSA) is 103 Å². The molecule has 1 N–H and O–H groups in total. The SMILES string of the molecule is CC1COC(C)(C)c2nc(-c3nnc(Cc4ccc(F)cc4)o3)c(O)c(=O)n21. The Morgan fingerprint density at radius 1 is 1.29 bits per heavy atom. The third-order valence-electron chi connectivity index (χ3n) is 4.69. The first-order chi connectivity index (χ1) is 13.3. The molecule has 146 valence electrons. The molecule has 0 aliphatic carbocycles. The predicted octanol–water partition coefficient (Wildman–Crippen LogP) is 2.56. The van der Waals surface area contributed by atoms with Gasteiger partial charge in [0.2, 0.25) is 11.6 Å². The summed E-state index contributed by atoms with van der Waals surface area (Å²) in [4.78, 5) is 17.1. The molecule has 2 aromatic heterocycles. The Morgan fingerprint density at radius 3 is 2.71 bits per heavy atom. The third-order valence-corrected chi connectivity index (χ3v) is 4.69. The van der Waals surface area contributed by atoms with Crippen LogP contribution in [-0.2, 0) is 16.8 Å². The van der Waals surface area contributed by atoms with Gasteiger partial charge in [0.05, 0.1) is 19.1 Å². The maximum absolute atomic E-state index is 13.0. The lowest BCUT2D eigenvalue weighted by Gasteiger charge is -2.36. The number of benzene rings is 1. The lowest BCUT2D eigenvalue weighted by atomic mass is 10.0. The summed E-state index contributed by atoms with van der Waals surface area (Å²) in [5.41, 5.74) is -0.699. The number of aromatic hydroxyl groups is 1. The van der Waals surface area contributed by atoms with Crippen molar-refractivity contribution in [1.29, 1.82) is 0 Å². The third kappa shape index (κ3) is 3.07. The predicted molar refractivity (Wildman–Crippen MR) is 96.3 cm³/mol. The van der Waals surface area contributed by atoms with E-state index in [0.29, 0.717) is 12.4 Å². The Hall–Kier alpha value is -3.07. The van der Waals surface area contributed by atoms with Crippen LogP contribution in [0.3, 0.4) is 0 Å². The monoisotopic (exact) mass is 386 g/mol. The number of hydrogen-bond donors (Lipinski definition) is 1. The lowest BCUT2D eigenvalue weighted by molar-refractivity contribution is -0.0693. The fourth-order valence-corrected chi connectivity index (χ4v) is 3.17. The van der Waals surface area contributed by atoms with Crippen molar-refractivity contribution in [2.24, 2.45) is 0 Å². The second-order valence-electron chi connectivity index (χ2n) is 7.28. The minimum Gasteiger partial charge on any atom is -0.501 e. The van der Waals surface area contributed by atoms with Crippen LogP contribution in [0.2, 0.25) is 0 Å². The van der Waals surface area contributed by atoms with Crippen molar-refractivity contribution in [3.63, 3.8) is 0 Å². The van der Waals surface area contributed by atoms with E-state index in [1.165, 1.54) is 16.7 Å². The van der Waals surface area contributed by atoms with E-state index in [-0.39, 0.29) is 35.8 Å². The molecule has 8 nitrogen and oxygen atoms in total. The molecule has 0 saturated heterocycles. The molecule has 0 spiro atoms. The van der Waals surface area contributed by atoms with Gasteiger partial charge in [-0.15, -0.1) is 10.2 Å². The molecular formula is C19H19FN4O4. The number of aromatic nitrogens is 4. The second-order valence-corrected chi connectivity index (χ2v) is 7.28. The highest BCUT2D eigenvalue weighted by Gasteiger charge is 2.37. The van der Waals surface area contributed by atoms with Crippen molar-refractivity contribution in [3.8, 4) is 17.3 Å². The Bertz CT molecular complexity index is 1090. The van der Waals surface area contributed by atoms with Crippen molar-refractivity contribution in [2.75, 3.05) is 6.61 Å². The standard InChI is InChI=1S/C19H19FN4O4/c1-10-9-27-19(2,3)18-21-14(15(25)17(26)24(10)18)16-23-22-13(28-16)8-11-4-6-12(20)7-5-11/h4-7,10,25H,8-9H2,1-3H3. The summed E-state index contributed by atoms with van der Waals surface area (Å²) in [6.45, 7) is 5.74. The van der Waals surface area contributed by atoms with Crippen molar-refractivity contribution < 1.29 is 18.7 Å². The number of halogens is 1. The van der Waals surface area contributed by atoms with Gasteiger partial charge >= 0.3 is 0 Å². The highest BCUT2D eigenvalue weighted by molar-refractivity contribution is 5.56. The molecule has 0 bridgehead atoms. The second kappa shape index (κ2) is 6.52. The highest BCUT2D eigenvalue weighted by Crippen LogP contribution is 2.34. The van der Waals surface area contributed by atoms with Crippen LogP contribution in [-0.4, -0.2) is 31.5 Å². The normalized spacial score (nSPS) is 18.1. The van der Waals surface area contributed by atoms with E-state index in [4.69, 9.17) is 9.15 Å². The summed E-state index contributed by atoms with van der Waals surface area (Å²) in [5.74, 6) is -0.320. The molecule has 1 unspecified atom stereocenters. The van der Waals surface area contributed by atoms with Gasteiger partial charge in [0.25, 0.3) is 11.4 Å². The van der Waals surface area contributed by atoms with Gasteiger partial charge in [0, 0.05) is 0 Å². The molecule has 1 atom stereocenters. The van der Waals surface area contributed by atoms with E-state index in [1.54, 1.807) is 26.0 Å². The molecule has 1 aliphatic heterocycles. The Balaban J connectivity index is 1.74. The molecule has 4 rings (SSSR count). The van der Waals surface area contributed by atoms with Gasteiger partial charge < -0.3 is 14.3 Å². The molecule has 0 saturated carbocycles. The number of hydrogen-bond acceptors (Lipinski definition) is 7. The Kier molecular flexibility index (Phi) is 4.26. The zero-order chi connectivity index (χ0) is 20.1. The summed E-state index contributed by atoms with van der Waals surface area (Å²) in [6.07, 6.45) is 0.281. The van der Waals surface area contributed by atoms with Crippen molar-refractivity contribution in [3.05, 3.63) is 57.7 Å². The van der Waals surface area contributed by atoms with Crippen LogP contribution in [0.1, 0.15) is 44.1 Å². The number of rotatable bonds is 3. The van der Waals surface area contributed by atoms with Crippen LogP contribution in [0.15, 0.2) is 33.5 Å². The molecule has 1 aromatic carbocycles. The maximum atomic E-state index is 13.0. The molecule has 0 amide bonds. The van der Waals surface area contributed by atoms with Crippen LogP contribution in [0, 0.1) is 5.82 Å². The summed E-state index contributed by atoms with van der Waals surface area (Å²) in [5, 5.41) is 18.3. The summed E-state index contributed by atoms with van der Waals surface area (Å²) in [6, 6.07) is 5.64. The van der Waals surface area contributed by atoms with E-state index < -0.39 is 16.9 Å². The minimum atomic E-state index is -0.814. The van der Waals surface area contributed by atoms with Crippen molar-refractivity contribution in [1.82, 2.24) is 19.7 Å². The zero-order valence-electron chi connectivity index (χ0n) is 15.6. The molecule has 28 heavy (non-hydrogen) atoms. The van der Waals surface area contributed by atoms with Crippen molar-refractivity contribution in [2.45, 2.75) is 38.8 Å². The van der Waals surface area contributed by atoms with Gasteiger partial charge in [-0.2, -0.15) is 0 Å². The Labute approximate surface area is 159 Å². The van der Waals surface area contributed by atoms with E-state index >= 15 is 0 Å². The molecule has 0 fully saturated rings. The average Bonchev–Trinajstić information content (AvgIpc) is 3.11. The van der Waals surface area contributed by atoms with Crippen LogP contribution >= 0.6 is 0 Å². The quantitative estimate of drug-likeness (QED) is 0.738. The fourth-order valence-electron chi connectivity index (χ4n) is 3.17. The largest absolute Gasteiger partial charge is 0.501 e. The van der Waals surface area contributed by atoms with Crippen molar-refractivity contribution >= 4 is 0 Å². The molecule has 0 radical (unpaired) electrons. The van der Waals surface area contributed by atoms with Crippen LogP contribution in [0.5, 0.6) is 5.75 Å². The van der Waals surface area contributed by atoms with E-state index in [1.807, 2.05) is 6.92 Å². The molecule has 1 aliphatic rings. The van der Waals surface area contributed by atoms with E-state index in [9.17, 15) is 14.3 Å². The maximum Gasteiger partial charge on any atom is 0.296 e. The minimum absolute atomic E-state index is 0.0656. The van der Waals surface area contributed by atoms with Crippen LogP contribution in [0.4, 0.5) is 4.39 Å². The Morgan fingerprint density at radius 2 is 2.00 bits per heavy atom. The molecule has 9 heteroatoms. The summed E-state index contributed by atoms with van der Waals surface area (Å²) in [7, 11) is 0. The first-order valence-electron chi connectivity index (χ1n) is 8.83. The van der Waals surface area contributed by atoms with Gasteiger partial charge in [-0.1, -0.05) is 12.1 Å².